The Hall–Kier alpha value is -1.89. The van der Waals surface area contributed by atoms with Crippen LogP contribution in [-0.2, 0) is 0 Å². The lowest BCUT2D eigenvalue weighted by molar-refractivity contribution is 0.399. The van der Waals surface area contributed by atoms with Crippen molar-refractivity contribution in [3.63, 3.8) is 0 Å². The zero-order valence-corrected chi connectivity index (χ0v) is 8.22. The average molecular weight is 198 g/mol. The fraction of sp³-hybridized carbons (Fsp3) is 0.364. The van der Waals surface area contributed by atoms with Gasteiger partial charge in [0.25, 0.3) is 0 Å². The van der Waals surface area contributed by atoms with E-state index in [1.807, 2.05) is 16.7 Å². The fourth-order valence-electron chi connectivity index (χ4n) is 1.92. The Kier molecular flexibility index (Phi) is 1.72. The molecule has 0 bridgehead atoms. The van der Waals surface area contributed by atoms with Gasteiger partial charge in [-0.15, -0.1) is 10.2 Å². The summed E-state index contributed by atoms with van der Waals surface area (Å²) in [5.74, 6) is 1.54. The second kappa shape index (κ2) is 3.06. The Balaban J connectivity index is 2.18. The first-order valence-corrected chi connectivity index (χ1v) is 5.13. The minimum atomic E-state index is 0.536. The molecule has 1 fully saturated rings. The highest BCUT2D eigenvalue weighted by molar-refractivity contribution is 5.43. The van der Waals surface area contributed by atoms with Crippen LogP contribution in [0.4, 0.5) is 0 Å². The first kappa shape index (κ1) is 8.42. The van der Waals surface area contributed by atoms with Crippen LogP contribution in [0.2, 0.25) is 0 Å². The molecular weight excluding hydrogens is 188 g/mol. The highest BCUT2D eigenvalue weighted by atomic mass is 15.2. The van der Waals surface area contributed by atoms with Gasteiger partial charge in [-0.2, -0.15) is 5.26 Å². The molecule has 0 N–H and O–H groups in total. The van der Waals surface area contributed by atoms with Gasteiger partial charge in [0.1, 0.15) is 11.9 Å². The number of pyridine rings is 1. The maximum Gasteiger partial charge on any atom is 0.160 e. The molecule has 0 saturated heterocycles. The monoisotopic (exact) mass is 198 g/mol. The minimum Gasteiger partial charge on any atom is -0.285 e. The average Bonchev–Trinajstić information content (AvgIpc) is 2.59. The summed E-state index contributed by atoms with van der Waals surface area (Å²) < 4.78 is 1.95. The van der Waals surface area contributed by atoms with Crippen molar-refractivity contribution >= 4 is 5.65 Å². The van der Waals surface area contributed by atoms with Gasteiger partial charge in [0, 0.05) is 12.1 Å². The molecule has 1 saturated carbocycles. The molecule has 2 aromatic heterocycles. The van der Waals surface area contributed by atoms with E-state index >= 15 is 0 Å². The number of rotatable bonds is 1. The normalized spacial score (nSPS) is 16.2. The van der Waals surface area contributed by atoms with Crippen LogP contribution in [0.5, 0.6) is 0 Å². The van der Waals surface area contributed by atoms with E-state index in [2.05, 4.69) is 16.3 Å². The van der Waals surface area contributed by atoms with Crippen molar-refractivity contribution in [2.45, 2.75) is 25.2 Å². The van der Waals surface area contributed by atoms with Crippen LogP contribution in [0.3, 0.4) is 0 Å². The smallest absolute Gasteiger partial charge is 0.160 e. The molecule has 2 heterocycles. The molecule has 0 unspecified atom stereocenters. The van der Waals surface area contributed by atoms with E-state index in [1.54, 1.807) is 6.07 Å². The molecule has 2 aromatic rings. The lowest BCUT2D eigenvalue weighted by Gasteiger charge is -2.23. The number of hydrogen-bond acceptors (Lipinski definition) is 3. The van der Waals surface area contributed by atoms with E-state index in [1.165, 1.54) is 19.3 Å². The Morgan fingerprint density at radius 2 is 2.20 bits per heavy atom. The van der Waals surface area contributed by atoms with Crippen molar-refractivity contribution in [1.82, 2.24) is 14.6 Å². The van der Waals surface area contributed by atoms with E-state index in [0.29, 0.717) is 11.5 Å². The minimum absolute atomic E-state index is 0.536. The second-order valence-corrected chi connectivity index (χ2v) is 3.94. The third-order valence-electron chi connectivity index (χ3n) is 3.03. The van der Waals surface area contributed by atoms with Crippen LogP contribution >= 0.6 is 0 Å². The van der Waals surface area contributed by atoms with Crippen molar-refractivity contribution in [1.29, 1.82) is 5.26 Å². The largest absolute Gasteiger partial charge is 0.285 e. The number of aromatic nitrogens is 3. The number of fused-ring (bicyclic) bond motifs is 1. The fourth-order valence-corrected chi connectivity index (χ4v) is 1.92. The van der Waals surface area contributed by atoms with Gasteiger partial charge < -0.3 is 0 Å². The zero-order valence-electron chi connectivity index (χ0n) is 8.22. The van der Waals surface area contributed by atoms with E-state index in [9.17, 15) is 0 Å². The zero-order chi connectivity index (χ0) is 10.3. The topological polar surface area (TPSA) is 54.0 Å². The Morgan fingerprint density at radius 1 is 1.33 bits per heavy atom. The van der Waals surface area contributed by atoms with Gasteiger partial charge in [-0.1, -0.05) is 6.42 Å². The predicted molar refractivity (Wildman–Crippen MR) is 54.3 cm³/mol. The van der Waals surface area contributed by atoms with E-state index in [-0.39, 0.29) is 0 Å². The SMILES string of the molecule is N#Cc1ccc2nnc(C3CCC3)n2c1. The molecule has 0 spiro atoms. The molecule has 0 radical (unpaired) electrons. The van der Waals surface area contributed by atoms with Gasteiger partial charge in [-0.25, -0.2) is 0 Å². The molecule has 0 aliphatic heterocycles. The molecule has 0 atom stereocenters. The van der Waals surface area contributed by atoms with Crippen LogP contribution in [-0.4, -0.2) is 14.6 Å². The summed E-state index contributed by atoms with van der Waals surface area (Å²) in [6.07, 6.45) is 5.48. The number of hydrogen-bond donors (Lipinski definition) is 0. The van der Waals surface area contributed by atoms with Crippen molar-refractivity contribution in [3.8, 4) is 6.07 Å². The van der Waals surface area contributed by atoms with Gasteiger partial charge in [0.2, 0.25) is 0 Å². The third-order valence-corrected chi connectivity index (χ3v) is 3.03. The van der Waals surface area contributed by atoms with Crippen LogP contribution in [0, 0.1) is 11.3 Å². The summed E-state index contributed by atoms with van der Waals surface area (Å²) >= 11 is 0. The summed E-state index contributed by atoms with van der Waals surface area (Å²) in [6.45, 7) is 0. The summed E-state index contributed by atoms with van der Waals surface area (Å²) in [7, 11) is 0. The van der Waals surface area contributed by atoms with Crippen molar-refractivity contribution in [3.05, 3.63) is 29.7 Å². The van der Waals surface area contributed by atoms with E-state index in [0.717, 1.165) is 11.5 Å². The molecule has 1 aliphatic rings. The molecule has 4 nitrogen and oxygen atoms in total. The molecule has 0 aromatic carbocycles. The summed E-state index contributed by atoms with van der Waals surface area (Å²) in [5, 5.41) is 17.1. The molecule has 4 heteroatoms. The lowest BCUT2D eigenvalue weighted by Crippen LogP contribution is -2.12. The second-order valence-electron chi connectivity index (χ2n) is 3.94. The van der Waals surface area contributed by atoms with E-state index < -0.39 is 0 Å². The Labute approximate surface area is 87.2 Å². The maximum atomic E-state index is 8.83. The van der Waals surface area contributed by atoms with Crippen LogP contribution in [0.15, 0.2) is 18.3 Å². The maximum absolute atomic E-state index is 8.83. The van der Waals surface area contributed by atoms with Gasteiger partial charge >= 0.3 is 0 Å². The van der Waals surface area contributed by atoms with Crippen molar-refractivity contribution < 1.29 is 0 Å². The van der Waals surface area contributed by atoms with Crippen molar-refractivity contribution in [2.24, 2.45) is 0 Å². The first-order chi connectivity index (χ1) is 7.38. The summed E-state index contributed by atoms with van der Waals surface area (Å²) in [5.41, 5.74) is 1.48. The molecule has 1 aliphatic carbocycles. The third kappa shape index (κ3) is 1.20. The number of nitrogens with zero attached hydrogens (tertiary/aromatic N) is 4. The van der Waals surface area contributed by atoms with Crippen LogP contribution < -0.4 is 0 Å². The Bertz CT molecular complexity index is 545. The highest BCUT2D eigenvalue weighted by Crippen LogP contribution is 2.35. The van der Waals surface area contributed by atoms with Crippen LogP contribution in [0.1, 0.15) is 36.6 Å². The summed E-state index contributed by atoms with van der Waals surface area (Å²) in [6, 6.07) is 5.75. The van der Waals surface area contributed by atoms with Gasteiger partial charge in [-0.3, -0.25) is 4.40 Å². The summed E-state index contributed by atoms with van der Waals surface area (Å²) in [4.78, 5) is 0. The molecule has 15 heavy (non-hydrogen) atoms. The standard InChI is InChI=1S/C11H10N4/c12-6-8-4-5-10-13-14-11(15(10)7-8)9-2-1-3-9/h4-5,7,9H,1-3H2. The van der Waals surface area contributed by atoms with Gasteiger partial charge in [0.15, 0.2) is 5.65 Å². The quantitative estimate of drug-likeness (QED) is 0.702. The van der Waals surface area contributed by atoms with Crippen molar-refractivity contribution in [2.75, 3.05) is 0 Å². The molecule has 0 amide bonds. The van der Waals surface area contributed by atoms with E-state index in [4.69, 9.17) is 5.26 Å². The highest BCUT2D eigenvalue weighted by Gasteiger charge is 2.24. The molecule has 3 rings (SSSR count). The molecule has 74 valence electrons. The van der Waals surface area contributed by atoms with Crippen LogP contribution in [0.25, 0.3) is 5.65 Å². The van der Waals surface area contributed by atoms with Gasteiger partial charge in [-0.05, 0) is 25.0 Å². The molecular formula is C11H10N4. The first-order valence-electron chi connectivity index (χ1n) is 5.13. The predicted octanol–water partition coefficient (Wildman–Crippen LogP) is 1.87. The lowest BCUT2D eigenvalue weighted by atomic mass is 9.85. The Morgan fingerprint density at radius 3 is 2.87 bits per heavy atom. The number of nitriles is 1. The van der Waals surface area contributed by atoms with Gasteiger partial charge in [0.05, 0.1) is 5.56 Å².